The summed E-state index contributed by atoms with van der Waals surface area (Å²) in [5.41, 5.74) is 2.91. The second kappa shape index (κ2) is 9.06. The fraction of sp³-hybridized carbons (Fsp3) is 0.391. The van der Waals surface area contributed by atoms with E-state index in [2.05, 4.69) is 0 Å². The Hall–Kier alpha value is -2.29. The molecule has 6 nitrogen and oxygen atoms in total. The van der Waals surface area contributed by atoms with Crippen LogP contribution < -0.4 is 4.90 Å². The molecule has 1 unspecified atom stereocenters. The van der Waals surface area contributed by atoms with Gasteiger partial charge in [-0.25, -0.2) is 13.4 Å². The van der Waals surface area contributed by atoms with Gasteiger partial charge in [-0.2, -0.15) is 0 Å². The first-order valence-corrected chi connectivity index (χ1v) is 12.9. The number of thiazole rings is 1. The van der Waals surface area contributed by atoms with Gasteiger partial charge in [-0.1, -0.05) is 41.2 Å². The van der Waals surface area contributed by atoms with E-state index >= 15 is 0 Å². The minimum atomic E-state index is -3.54. The number of nitrogens with zero attached hydrogens (tertiary/aromatic N) is 2. The lowest BCUT2D eigenvalue weighted by molar-refractivity contribution is -0.118. The molecule has 31 heavy (non-hydrogen) atoms. The summed E-state index contributed by atoms with van der Waals surface area (Å²) >= 11 is 1.45. The molecular weight excluding hydrogens is 432 g/mol. The van der Waals surface area contributed by atoms with Crippen LogP contribution in [0, 0.1) is 13.8 Å². The molecule has 0 bridgehead atoms. The monoisotopic (exact) mass is 458 g/mol. The molecule has 1 saturated heterocycles. The van der Waals surface area contributed by atoms with Crippen molar-refractivity contribution in [3.8, 4) is 0 Å². The van der Waals surface area contributed by atoms with E-state index in [1.165, 1.54) is 11.3 Å². The number of hydrogen-bond donors (Lipinski definition) is 0. The quantitative estimate of drug-likeness (QED) is 0.528. The lowest BCUT2D eigenvalue weighted by Gasteiger charge is -2.23. The van der Waals surface area contributed by atoms with Crippen molar-refractivity contribution in [1.82, 2.24) is 4.98 Å². The molecule has 4 rings (SSSR count). The second-order valence-corrected chi connectivity index (χ2v) is 11.1. The van der Waals surface area contributed by atoms with E-state index in [9.17, 15) is 13.2 Å². The van der Waals surface area contributed by atoms with Gasteiger partial charge in [0.05, 0.1) is 33.5 Å². The highest BCUT2D eigenvalue weighted by molar-refractivity contribution is 7.91. The Morgan fingerprint density at radius 1 is 1.19 bits per heavy atom. The summed E-state index contributed by atoms with van der Waals surface area (Å²) in [7, 11) is -3.54. The second-order valence-electron chi connectivity index (χ2n) is 7.94. The predicted octanol–water partition coefficient (Wildman–Crippen LogP) is 4.29. The summed E-state index contributed by atoms with van der Waals surface area (Å²) in [6.07, 6.45) is 1.70. The summed E-state index contributed by atoms with van der Waals surface area (Å²) < 4.78 is 32.2. The highest BCUT2D eigenvalue weighted by Crippen LogP contribution is 2.32. The van der Waals surface area contributed by atoms with Gasteiger partial charge in [0, 0.05) is 13.0 Å². The van der Waals surface area contributed by atoms with Gasteiger partial charge in [-0.15, -0.1) is 0 Å². The van der Waals surface area contributed by atoms with Gasteiger partial charge in [0.1, 0.15) is 0 Å². The Morgan fingerprint density at radius 2 is 1.97 bits per heavy atom. The van der Waals surface area contributed by atoms with Crippen molar-refractivity contribution in [3.05, 3.63) is 53.6 Å². The number of anilines is 1. The molecule has 1 fully saturated rings. The van der Waals surface area contributed by atoms with E-state index in [1.54, 1.807) is 29.2 Å². The van der Waals surface area contributed by atoms with E-state index in [1.807, 2.05) is 32.0 Å². The van der Waals surface area contributed by atoms with E-state index < -0.39 is 9.84 Å². The van der Waals surface area contributed by atoms with Crippen LogP contribution in [0.3, 0.4) is 0 Å². The molecule has 8 heteroatoms. The number of amides is 1. The van der Waals surface area contributed by atoms with Crippen LogP contribution in [0.15, 0.2) is 47.4 Å². The third-order valence-corrected chi connectivity index (χ3v) is 8.29. The normalized spacial score (nSPS) is 16.6. The molecule has 3 aromatic rings. The van der Waals surface area contributed by atoms with Gasteiger partial charge in [0.15, 0.2) is 15.0 Å². The summed E-state index contributed by atoms with van der Waals surface area (Å²) in [6, 6.07) is 12.7. The van der Waals surface area contributed by atoms with Crippen molar-refractivity contribution >= 4 is 42.4 Å². The van der Waals surface area contributed by atoms with Crippen molar-refractivity contribution in [2.24, 2.45) is 0 Å². The number of carbonyl (C=O) groups excluding carboxylic acids is 1. The SMILES string of the molecule is Cc1ccc(S(=O)(=O)CCC(=O)N(CC2CCCO2)c2nc3c(C)cccc3s2)cc1. The number of fused-ring (bicyclic) bond motifs is 1. The molecule has 2 heterocycles. The van der Waals surface area contributed by atoms with E-state index in [0.717, 1.165) is 34.2 Å². The van der Waals surface area contributed by atoms with Crippen LogP contribution in [0.1, 0.15) is 30.4 Å². The van der Waals surface area contributed by atoms with Crippen molar-refractivity contribution < 1.29 is 17.9 Å². The zero-order valence-corrected chi connectivity index (χ0v) is 19.3. The lowest BCUT2D eigenvalue weighted by atomic mass is 10.2. The maximum Gasteiger partial charge on any atom is 0.229 e. The van der Waals surface area contributed by atoms with E-state index in [0.29, 0.717) is 18.3 Å². The van der Waals surface area contributed by atoms with Crippen LogP contribution in [0.2, 0.25) is 0 Å². The van der Waals surface area contributed by atoms with Crippen molar-refractivity contribution in [2.45, 2.75) is 44.1 Å². The topological polar surface area (TPSA) is 76.6 Å². The van der Waals surface area contributed by atoms with Gasteiger partial charge in [0.2, 0.25) is 5.91 Å². The van der Waals surface area contributed by atoms with Crippen LogP contribution in [0.4, 0.5) is 5.13 Å². The molecule has 0 N–H and O–H groups in total. The van der Waals surface area contributed by atoms with E-state index in [-0.39, 0.29) is 29.1 Å². The van der Waals surface area contributed by atoms with Gasteiger partial charge in [-0.05, 0) is 50.5 Å². The van der Waals surface area contributed by atoms with E-state index in [4.69, 9.17) is 9.72 Å². The predicted molar refractivity (Wildman–Crippen MR) is 124 cm³/mol. The number of carbonyl (C=O) groups is 1. The Bertz CT molecular complexity index is 1180. The molecule has 164 valence electrons. The van der Waals surface area contributed by atoms with Crippen molar-refractivity contribution in [1.29, 1.82) is 0 Å². The fourth-order valence-electron chi connectivity index (χ4n) is 3.69. The first-order valence-electron chi connectivity index (χ1n) is 10.4. The largest absolute Gasteiger partial charge is 0.376 e. The molecule has 1 aliphatic heterocycles. The smallest absolute Gasteiger partial charge is 0.229 e. The Morgan fingerprint density at radius 3 is 2.65 bits per heavy atom. The number of hydrogen-bond acceptors (Lipinski definition) is 6. The molecule has 1 aliphatic rings. The molecular formula is C23H26N2O4S2. The molecule has 0 aliphatic carbocycles. The minimum Gasteiger partial charge on any atom is -0.376 e. The first-order chi connectivity index (χ1) is 14.8. The zero-order valence-electron chi connectivity index (χ0n) is 17.7. The lowest BCUT2D eigenvalue weighted by Crippen LogP contribution is -2.38. The molecule has 1 atom stereocenters. The van der Waals surface area contributed by atoms with Crippen LogP contribution in [-0.2, 0) is 19.4 Å². The number of rotatable bonds is 7. The van der Waals surface area contributed by atoms with Gasteiger partial charge in [-0.3, -0.25) is 9.69 Å². The van der Waals surface area contributed by atoms with Gasteiger partial charge < -0.3 is 4.74 Å². The number of aromatic nitrogens is 1. The van der Waals surface area contributed by atoms with Gasteiger partial charge in [0.25, 0.3) is 0 Å². The number of para-hydroxylation sites is 1. The Balaban J connectivity index is 1.56. The highest BCUT2D eigenvalue weighted by atomic mass is 32.2. The summed E-state index contributed by atoms with van der Waals surface area (Å²) in [5.74, 6) is -0.483. The zero-order chi connectivity index (χ0) is 22.0. The minimum absolute atomic E-state index is 0.0502. The molecule has 0 saturated carbocycles. The Labute approximate surface area is 186 Å². The molecule has 2 aromatic carbocycles. The standard InChI is InChI=1S/C23H26N2O4S2/c1-16-8-10-19(11-9-16)31(27,28)14-12-21(26)25(15-18-6-4-13-29-18)23-24-22-17(2)5-3-7-20(22)30-23/h3,5,7-11,18H,4,6,12-15H2,1-2H3. The summed E-state index contributed by atoms with van der Waals surface area (Å²) in [5, 5.41) is 0.595. The Kier molecular flexibility index (Phi) is 6.41. The number of sulfone groups is 1. The van der Waals surface area contributed by atoms with Crippen molar-refractivity contribution in [2.75, 3.05) is 23.8 Å². The molecule has 0 radical (unpaired) electrons. The summed E-state index contributed by atoms with van der Waals surface area (Å²) in [4.78, 5) is 19.8. The molecule has 1 amide bonds. The molecule has 1 aromatic heterocycles. The maximum atomic E-state index is 13.2. The number of ether oxygens (including phenoxy) is 1. The average Bonchev–Trinajstić information content (AvgIpc) is 3.41. The highest BCUT2D eigenvalue weighted by Gasteiger charge is 2.27. The molecule has 0 spiro atoms. The average molecular weight is 459 g/mol. The van der Waals surface area contributed by atoms with Crippen LogP contribution in [0.25, 0.3) is 10.2 Å². The third kappa shape index (κ3) is 4.97. The van der Waals surface area contributed by atoms with Gasteiger partial charge >= 0.3 is 0 Å². The third-order valence-electron chi connectivity index (χ3n) is 5.52. The van der Waals surface area contributed by atoms with Crippen LogP contribution >= 0.6 is 11.3 Å². The fourth-order valence-corrected chi connectivity index (χ4v) is 5.99. The maximum absolute atomic E-state index is 13.2. The first kappa shape index (κ1) is 21.9. The van der Waals surface area contributed by atoms with Crippen molar-refractivity contribution in [3.63, 3.8) is 0 Å². The van der Waals surface area contributed by atoms with Crippen LogP contribution in [0.5, 0.6) is 0 Å². The summed E-state index contributed by atoms with van der Waals surface area (Å²) in [6.45, 7) is 4.98. The van der Waals surface area contributed by atoms with Crippen LogP contribution in [-0.4, -0.2) is 44.3 Å². The number of aryl methyl sites for hydroxylation is 2. The number of benzene rings is 2.